The number of morpholine rings is 1. The molecule has 0 radical (unpaired) electrons. The van der Waals surface area contributed by atoms with Gasteiger partial charge in [0, 0.05) is 13.1 Å². The molecule has 140 valence electrons. The summed E-state index contributed by atoms with van der Waals surface area (Å²) in [4.78, 5) is 0. The van der Waals surface area contributed by atoms with Gasteiger partial charge in [-0.2, -0.15) is 4.31 Å². The van der Waals surface area contributed by atoms with E-state index in [0.717, 1.165) is 24.8 Å². The van der Waals surface area contributed by atoms with Crippen LogP contribution in [-0.2, 0) is 20.2 Å². The number of hydrogen-bond acceptors (Lipinski definition) is 6. The van der Waals surface area contributed by atoms with E-state index in [-0.39, 0.29) is 24.9 Å². The largest absolute Gasteiger partial charge is 0.421 e. The van der Waals surface area contributed by atoms with Crippen LogP contribution in [0.15, 0.2) is 28.7 Å². The number of halogens is 1. The Hall–Kier alpha value is -1.84. The lowest BCUT2D eigenvalue weighted by Gasteiger charge is -2.39. The summed E-state index contributed by atoms with van der Waals surface area (Å²) in [5, 5.41) is 8.32. The van der Waals surface area contributed by atoms with E-state index in [1.807, 2.05) is 0 Å². The number of sulfonamides is 1. The second kappa shape index (κ2) is 6.40. The third-order valence-electron chi connectivity index (χ3n) is 5.23. The Morgan fingerprint density at radius 3 is 2.58 bits per heavy atom. The van der Waals surface area contributed by atoms with E-state index >= 15 is 0 Å². The molecule has 2 heterocycles. The van der Waals surface area contributed by atoms with Crippen molar-refractivity contribution in [1.29, 1.82) is 0 Å². The molecule has 1 aromatic carbocycles. The first-order valence-corrected chi connectivity index (χ1v) is 10.4. The molecule has 1 aromatic heterocycles. The van der Waals surface area contributed by atoms with Crippen molar-refractivity contribution < 1.29 is 22.0 Å². The van der Waals surface area contributed by atoms with Crippen molar-refractivity contribution in [3.05, 3.63) is 47.4 Å². The van der Waals surface area contributed by atoms with Crippen LogP contribution in [-0.4, -0.2) is 48.9 Å². The highest BCUT2D eigenvalue weighted by molar-refractivity contribution is 7.88. The molecule has 2 aromatic rings. The summed E-state index contributed by atoms with van der Waals surface area (Å²) in [6.45, 7) is 0.748. The highest BCUT2D eigenvalue weighted by Gasteiger charge is 2.45. The highest BCUT2D eigenvalue weighted by Crippen LogP contribution is 2.48. The van der Waals surface area contributed by atoms with Gasteiger partial charge in [-0.1, -0.05) is 18.6 Å². The Morgan fingerprint density at radius 2 is 1.96 bits per heavy atom. The van der Waals surface area contributed by atoms with Crippen molar-refractivity contribution in [2.24, 2.45) is 0 Å². The Morgan fingerprint density at radius 1 is 1.23 bits per heavy atom. The average molecular weight is 381 g/mol. The summed E-state index contributed by atoms with van der Waals surface area (Å²) in [5.74, 6) is 0.470. The van der Waals surface area contributed by atoms with Crippen LogP contribution in [0.1, 0.15) is 42.7 Å². The van der Waals surface area contributed by atoms with Gasteiger partial charge in [-0.05, 0) is 30.5 Å². The minimum Gasteiger partial charge on any atom is -0.421 e. The first-order valence-electron chi connectivity index (χ1n) is 8.55. The van der Waals surface area contributed by atoms with Gasteiger partial charge in [0.05, 0.1) is 18.3 Å². The zero-order valence-electron chi connectivity index (χ0n) is 14.4. The van der Waals surface area contributed by atoms with Crippen molar-refractivity contribution in [3.8, 4) is 0 Å². The van der Waals surface area contributed by atoms with Gasteiger partial charge >= 0.3 is 0 Å². The number of aromatic nitrogens is 2. The summed E-state index contributed by atoms with van der Waals surface area (Å²) in [6, 6.07) is 6.36. The van der Waals surface area contributed by atoms with Crippen LogP contribution in [0.5, 0.6) is 0 Å². The highest BCUT2D eigenvalue weighted by atomic mass is 32.2. The lowest BCUT2D eigenvalue weighted by Crippen LogP contribution is -2.41. The topological polar surface area (TPSA) is 85.5 Å². The predicted octanol–water partition coefficient (Wildman–Crippen LogP) is 2.01. The number of nitrogens with zero attached hydrogens (tertiary/aromatic N) is 3. The molecule has 1 aliphatic heterocycles. The maximum atomic E-state index is 13.3. The molecule has 1 saturated carbocycles. The van der Waals surface area contributed by atoms with Crippen LogP contribution >= 0.6 is 0 Å². The average Bonchev–Trinajstić information content (AvgIpc) is 3.05. The number of rotatable bonds is 4. The number of benzene rings is 1. The molecule has 9 heteroatoms. The molecule has 1 aliphatic carbocycles. The monoisotopic (exact) mass is 381 g/mol. The van der Waals surface area contributed by atoms with E-state index in [4.69, 9.17) is 9.15 Å². The first kappa shape index (κ1) is 17.6. The van der Waals surface area contributed by atoms with E-state index in [0.29, 0.717) is 12.4 Å². The second-order valence-electron chi connectivity index (χ2n) is 6.87. The van der Waals surface area contributed by atoms with Gasteiger partial charge in [-0.3, -0.25) is 0 Å². The molecule has 4 rings (SSSR count). The molecular formula is C17H20FN3O4S. The molecule has 1 atom stereocenters. The van der Waals surface area contributed by atoms with Crippen molar-refractivity contribution in [2.75, 3.05) is 26.0 Å². The van der Waals surface area contributed by atoms with Crippen LogP contribution in [0.3, 0.4) is 0 Å². The van der Waals surface area contributed by atoms with Crippen molar-refractivity contribution in [3.63, 3.8) is 0 Å². The molecule has 7 nitrogen and oxygen atoms in total. The van der Waals surface area contributed by atoms with Gasteiger partial charge in [0.25, 0.3) is 0 Å². The number of ether oxygens (including phenoxy) is 1. The van der Waals surface area contributed by atoms with Crippen LogP contribution in [0, 0.1) is 5.82 Å². The maximum Gasteiger partial charge on any atom is 0.246 e. The minimum absolute atomic E-state index is 0.157. The predicted molar refractivity (Wildman–Crippen MR) is 90.4 cm³/mol. The van der Waals surface area contributed by atoms with Crippen LogP contribution < -0.4 is 0 Å². The van der Waals surface area contributed by atoms with E-state index in [1.165, 1.54) is 22.7 Å². The van der Waals surface area contributed by atoms with Crippen molar-refractivity contribution in [1.82, 2.24) is 14.5 Å². The molecule has 0 spiro atoms. The molecule has 2 fully saturated rings. The molecule has 2 aliphatic rings. The SMILES string of the molecule is CS(=O)(=O)N1CCOC(c2nnc(C3(c4ccc(F)cc4)CCC3)o2)C1. The first-order chi connectivity index (χ1) is 12.4. The summed E-state index contributed by atoms with van der Waals surface area (Å²) >= 11 is 0. The number of hydrogen-bond donors (Lipinski definition) is 0. The quantitative estimate of drug-likeness (QED) is 0.805. The Labute approximate surface area is 151 Å². The Balaban J connectivity index is 1.60. The minimum atomic E-state index is -3.30. The summed E-state index contributed by atoms with van der Waals surface area (Å²) < 4.78 is 49.7. The fraction of sp³-hybridized carbons (Fsp3) is 0.529. The van der Waals surface area contributed by atoms with Crippen LogP contribution in [0.4, 0.5) is 4.39 Å². The van der Waals surface area contributed by atoms with Gasteiger partial charge in [0.15, 0.2) is 0 Å². The standard InChI is InChI=1S/C17H20FN3O4S/c1-26(22,23)21-9-10-24-14(11-21)15-19-20-16(25-15)17(7-2-8-17)12-3-5-13(18)6-4-12/h3-6,14H,2,7-11H2,1H3. The zero-order valence-corrected chi connectivity index (χ0v) is 15.2. The Bertz CT molecular complexity index is 893. The zero-order chi connectivity index (χ0) is 18.4. The van der Waals surface area contributed by atoms with Gasteiger partial charge in [0.1, 0.15) is 11.9 Å². The van der Waals surface area contributed by atoms with E-state index in [1.54, 1.807) is 12.1 Å². The normalized spacial score (nSPS) is 23.5. The molecule has 0 N–H and O–H groups in total. The van der Waals surface area contributed by atoms with Gasteiger partial charge in [0.2, 0.25) is 21.8 Å². The Kier molecular flexibility index (Phi) is 4.32. The lowest BCUT2D eigenvalue weighted by molar-refractivity contribution is -0.0184. The molecule has 0 bridgehead atoms. The summed E-state index contributed by atoms with van der Waals surface area (Å²) in [6.07, 6.45) is 3.32. The molecular weight excluding hydrogens is 361 g/mol. The van der Waals surface area contributed by atoms with Gasteiger partial charge in [-0.15, -0.1) is 10.2 Å². The molecule has 1 unspecified atom stereocenters. The maximum absolute atomic E-state index is 13.3. The third kappa shape index (κ3) is 3.04. The van der Waals surface area contributed by atoms with E-state index < -0.39 is 21.5 Å². The van der Waals surface area contributed by atoms with Crippen molar-refractivity contribution >= 4 is 10.0 Å². The van der Waals surface area contributed by atoms with E-state index in [9.17, 15) is 12.8 Å². The lowest BCUT2D eigenvalue weighted by atomic mass is 9.64. The summed E-state index contributed by atoms with van der Waals surface area (Å²) in [7, 11) is -3.30. The fourth-order valence-corrected chi connectivity index (χ4v) is 4.37. The molecule has 0 amide bonds. The van der Waals surface area contributed by atoms with Gasteiger partial charge in [-0.25, -0.2) is 12.8 Å². The fourth-order valence-electron chi connectivity index (χ4n) is 3.56. The summed E-state index contributed by atoms with van der Waals surface area (Å²) in [5.41, 5.74) is 0.548. The third-order valence-corrected chi connectivity index (χ3v) is 6.50. The molecule has 26 heavy (non-hydrogen) atoms. The van der Waals surface area contributed by atoms with Crippen molar-refractivity contribution in [2.45, 2.75) is 30.8 Å². The smallest absolute Gasteiger partial charge is 0.246 e. The molecule has 1 saturated heterocycles. The van der Waals surface area contributed by atoms with Crippen LogP contribution in [0.25, 0.3) is 0 Å². The second-order valence-corrected chi connectivity index (χ2v) is 8.85. The van der Waals surface area contributed by atoms with E-state index in [2.05, 4.69) is 10.2 Å². The van der Waals surface area contributed by atoms with Gasteiger partial charge < -0.3 is 9.15 Å². The van der Waals surface area contributed by atoms with Crippen LogP contribution in [0.2, 0.25) is 0 Å².